The Labute approximate surface area is 277 Å². The van der Waals surface area contributed by atoms with E-state index in [0.29, 0.717) is 12.5 Å². The first kappa shape index (κ1) is 36.4. The molecular weight excluding hydrogens is 570 g/mol. The average molecular weight is 626 g/mol. The summed E-state index contributed by atoms with van der Waals surface area (Å²) < 4.78 is 13.0. The van der Waals surface area contributed by atoms with Gasteiger partial charge >= 0.3 is 0 Å². The van der Waals surface area contributed by atoms with E-state index in [1.807, 2.05) is 61.6 Å². The molecule has 248 valence electrons. The molecule has 0 fully saturated rings. The summed E-state index contributed by atoms with van der Waals surface area (Å²) in [6, 6.07) is 10.7. The maximum absolute atomic E-state index is 6.69. The van der Waals surface area contributed by atoms with Crippen molar-refractivity contribution in [3.05, 3.63) is 101 Å². The number of nitrogens with one attached hydrogen (secondary N) is 2. The molecule has 0 aliphatic carbocycles. The molecule has 7 nitrogen and oxygen atoms in total. The van der Waals surface area contributed by atoms with Crippen molar-refractivity contribution in [2.45, 2.75) is 94.0 Å². The summed E-state index contributed by atoms with van der Waals surface area (Å²) in [5, 5.41) is 13.5. The van der Waals surface area contributed by atoms with Gasteiger partial charge in [-0.1, -0.05) is 58.4 Å². The Morgan fingerprint density at radius 1 is 1.02 bits per heavy atom. The van der Waals surface area contributed by atoms with E-state index in [2.05, 4.69) is 88.5 Å². The zero-order valence-corrected chi connectivity index (χ0v) is 29.5. The Balaban J connectivity index is 1.91. The topological polar surface area (TPSA) is 70.5 Å². The van der Waals surface area contributed by atoms with Gasteiger partial charge in [0.2, 0.25) is 0 Å². The van der Waals surface area contributed by atoms with Crippen LogP contribution in [0, 0.1) is 26.7 Å². The van der Waals surface area contributed by atoms with E-state index in [4.69, 9.17) is 14.5 Å². The third kappa shape index (κ3) is 10.5. The highest BCUT2D eigenvalue weighted by atomic mass is 16.5. The fourth-order valence-electron chi connectivity index (χ4n) is 5.16. The molecule has 0 amide bonds. The Morgan fingerprint density at radius 2 is 1.80 bits per heavy atom. The molecule has 7 heteroatoms. The molecule has 1 aliphatic heterocycles. The molecule has 1 aliphatic rings. The second-order valence-electron chi connectivity index (χ2n) is 11.9. The number of allylic oxidation sites excluding steroid dienone is 4. The van der Waals surface area contributed by atoms with E-state index in [0.717, 1.165) is 89.0 Å². The van der Waals surface area contributed by atoms with Crippen molar-refractivity contribution in [2.24, 2.45) is 16.0 Å². The van der Waals surface area contributed by atoms with Gasteiger partial charge in [-0.3, -0.25) is 0 Å². The lowest BCUT2D eigenvalue weighted by Gasteiger charge is -2.24. The third-order valence-corrected chi connectivity index (χ3v) is 7.98. The quantitative estimate of drug-likeness (QED) is 0.144. The number of amidine groups is 1. The van der Waals surface area contributed by atoms with Gasteiger partial charge in [0.1, 0.15) is 29.7 Å². The number of aryl methyl sites for hydroxylation is 3. The van der Waals surface area contributed by atoms with Crippen molar-refractivity contribution in [1.29, 1.82) is 0 Å². The zero-order chi connectivity index (χ0) is 33.5. The number of hydrogen-bond acceptors (Lipinski definition) is 6. The highest BCUT2D eigenvalue weighted by Crippen LogP contribution is 2.31. The summed E-state index contributed by atoms with van der Waals surface area (Å²) in [5.74, 6) is 3.79. The van der Waals surface area contributed by atoms with Gasteiger partial charge in [-0.2, -0.15) is 5.10 Å². The highest BCUT2D eigenvalue weighted by Gasteiger charge is 2.20. The highest BCUT2D eigenvalue weighted by molar-refractivity contribution is 6.11. The Bertz CT molecular complexity index is 1470. The van der Waals surface area contributed by atoms with Crippen molar-refractivity contribution in [3.63, 3.8) is 0 Å². The molecule has 1 heterocycles. The van der Waals surface area contributed by atoms with Gasteiger partial charge < -0.3 is 20.1 Å². The molecular formula is C39H55N5O2. The van der Waals surface area contributed by atoms with Crippen molar-refractivity contribution >= 4 is 17.7 Å². The number of anilines is 1. The van der Waals surface area contributed by atoms with Crippen LogP contribution in [-0.4, -0.2) is 36.3 Å². The fourth-order valence-corrected chi connectivity index (χ4v) is 5.16. The van der Waals surface area contributed by atoms with Crippen LogP contribution in [0.2, 0.25) is 0 Å². The van der Waals surface area contributed by atoms with Gasteiger partial charge in [0.25, 0.3) is 0 Å². The standard InChI is InChI=1S/C39H55N5O2/c1-10-15-22-41-39(37-29(7)16-17-30(8)38(37)45-27-33(40-21-11-2)24-28(6)12-3)43-32-18-19-36(31(9)25-32)46-35-20-23-44(42-14-5)34(13-4)26-35/h13-20,22-23,25-26,28,33,40H,10-12,21,24,27H2,1-9H3,(H,41,43)/b22-15+,34-13?,42-14-. The first-order chi connectivity index (χ1) is 22.2. The SMILES string of the molecule is CC=C1C=C(Oc2ccc(NC(=N/C=C/CC)c3c(C)ccc(C)c3OCC(CC(C)CC)NCCC)cc2C)C=CN1/N=C\C. The van der Waals surface area contributed by atoms with E-state index in [-0.39, 0.29) is 6.04 Å². The van der Waals surface area contributed by atoms with Crippen LogP contribution in [0.4, 0.5) is 5.69 Å². The van der Waals surface area contributed by atoms with E-state index in [1.54, 1.807) is 6.21 Å². The Kier molecular flexibility index (Phi) is 14.8. The van der Waals surface area contributed by atoms with Crippen molar-refractivity contribution in [1.82, 2.24) is 10.3 Å². The molecule has 0 spiro atoms. The maximum atomic E-state index is 6.69. The molecule has 2 unspecified atom stereocenters. The summed E-state index contributed by atoms with van der Waals surface area (Å²) in [7, 11) is 0. The van der Waals surface area contributed by atoms with Crippen LogP contribution in [0.1, 0.15) is 89.5 Å². The lowest BCUT2D eigenvalue weighted by molar-refractivity contribution is 0.238. The van der Waals surface area contributed by atoms with Crippen molar-refractivity contribution in [2.75, 3.05) is 18.5 Å². The predicted molar refractivity (Wildman–Crippen MR) is 196 cm³/mol. The van der Waals surface area contributed by atoms with Gasteiger partial charge in [-0.15, -0.1) is 0 Å². The van der Waals surface area contributed by atoms with E-state index in [9.17, 15) is 0 Å². The predicted octanol–water partition coefficient (Wildman–Crippen LogP) is 9.58. The summed E-state index contributed by atoms with van der Waals surface area (Å²) in [6.45, 7) is 20.6. The zero-order valence-electron chi connectivity index (χ0n) is 29.5. The molecule has 0 radical (unpaired) electrons. The van der Waals surface area contributed by atoms with Crippen LogP contribution in [0.3, 0.4) is 0 Å². The first-order valence-corrected chi connectivity index (χ1v) is 16.8. The number of rotatable bonds is 16. The summed E-state index contributed by atoms with van der Waals surface area (Å²) in [5.41, 5.74) is 6.05. The monoisotopic (exact) mass is 625 g/mol. The second kappa shape index (κ2) is 18.8. The maximum Gasteiger partial charge on any atom is 0.141 e. The Morgan fingerprint density at radius 3 is 2.48 bits per heavy atom. The Hall–Kier alpha value is -4.10. The molecule has 2 aromatic rings. The molecule has 2 aromatic carbocycles. The molecule has 0 bridgehead atoms. The first-order valence-electron chi connectivity index (χ1n) is 16.8. The van der Waals surface area contributed by atoms with Gasteiger partial charge in [-0.25, -0.2) is 10.0 Å². The third-order valence-electron chi connectivity index (χ3n) is 7.98. The summed E-state index contributed by atoms with van der Waals surface area (Å²) in [6.07, 6.45) is 17.7. The van der Waals surface area contributed by atoms with Crippen LogP contribution < -0.4 is 20.1 Å². The normalized spacial score (nSPS) is 15.9. The molecule has 3 rings (SSSR count). The van der Waals surface area contributed by atoms with Crippen molar-refractivity contribution in [3.8, 4) is 11.5 Å². The number of nitrogens with zero attached hydrogens (tertiary/aromatic N) is 3. The fraction of sp³-hybridized carbons (Fsp3) is 0.436. The van der Waals surface area contributed by atoms with Crippen molar-refractivity contribution < 1.29 is 9.47 Å². The lowest BCUT2D eigenvalue weighted by atomic mass is 9.99. The molecule has 2 N–H and O–H groups in total. The number of ether oxygens (including phenoxy) is 2. The molecule has 2 atom stereocenters. The largest absolute Gasteiger partial charge is 0.491 e. The van der Waals surface area contributed by atoms with Crippen LogP contribution in [0.15, 0.2) is 88.6 Å². The van der Waals surface area contributed by atoms with E-state index < -0.39 is 0 Å². The van der Waals surface area contributed by atoms with Crippen LogP contribution in [0.25, 0.3) is 0 Å². The average Bonchev–Trinajstić information content (AvgIpc) is 3.05. The minimum absolute atomic E-state index is 0.284. The minimum atomic E-state index is 0.284. The van der Waals surface area contributed by atoms with Crippen LogP contribution in [0.5, 0.6) is 11.5 Å². The second-order valence-corrected chi connectivity index (χ2v) is 11.9. The molecule has 46 heavy (non-hydrogen) atoms. The van der Waals surface area contributed by atoms with Gasteiger partial charge in [0.05, 0.1) is 11.3 Å². The van der Waals surface area contributed by atoms with Gasteiger partial charge in [-0.05, 0) is 107 Å². The van der Waals surface area contributed by atoms with Gasteiger partial charge in [0, 0.05) is 36.4 Å². The van der Waals surface area contributed by atoms with Crippen LogP contribution in [-0.2, 0) is 0 Å². The lowest BCUT2D eigenvalue weighted by Crippen LogP contribution is -2.37. The number of hydrazone groups is 1. The minimum Gasteiger partial charge on any atom is -0.491 e. The summed E-state index contributed by atoms with van der Waals surface area (Å²) >= 11 is 0. The van der Waals surface area contributed by atoms with Crippen LogP contribution >= 0.6 is 0 Å². The molecule has 0 saturated heterocycles. The van der Waals surface area contributed by atoms with E-state index in [1.165, 1.54) is 0 Å². The van der Waals surface area contributed by atoms with Gasteiger partial charge in [0.15, 0.2) is 0 Å². The van der Waals surface area contributed by atoms with E-state index >= 15 is 0 Å². The summed E-state index contributed by atoms with van der Waals surface area (Å²) in [4.78, 5) is 4.92. The number of hydrogen-bond donors (Lipinski definition) is 2. The molecule has 0 aromatic heterocycles. The number of benzene rings is 2. The number of aliphatic imine (C=N–C) groups is 1. The molecule has 0 saturated carbocycles. The smallest absolute Gasteiger partial charge is 0.141 e.